The number of methoxy groups -OCH3 is 1. The average molecular weight is 324 g/mol. The molecule has 3 rings (SSSR count). The van der Waals surface area contributed by atoms with E-state index in [0.29, 0.717) is 13.2 Å². The predicted molar refractivity (Wildman–Crippen MR) is 81.6 cm³/mol. The summed E-state index contributed by atoms with van der Waals surface area (Å²) in [4.78, 5) is 0. The summed E-state index contributed by atoms with van der Waals surface area (Å²) in [5, 5.41) is 10.3. The van der Waals surface area contributed by atoms with Gasteiger partial charge in [0, 0.05) is 7.11 Å². The van der Waals surface area contributed by atoms with Crippen LogP contribution >= 0.6 is 0 Å². The Hall–Kier alpha value is -1.02. The molecule has 2 saturated heterocycles. The van der Waals surface area contributed by atoms with E-state index >= 15 is 0 Å². The molecular weight excluding hydrogens is 300 g/mol. The fourth-order valence-corrected chi connectivity index (χ4v) is 3.05. The van der Waals surface area contributed by atoms with Crippen LogP contribution in [0.3, 0.4) is 0 Å². The van der Waals surface area contributed by atoms with Gasteiger partial charge in [0.05, 0.1) is 13.2 Å². The molecule has 0 radical (unpaired) electrons. The van der Waals surface area contributed by atoms with Crippen LogP contribution in [0.5, 0.6) is 0 Å². The summed E-state index contributed by atoms with van der Waals surface area (Å²) in [5.74, 6) is -0.764. The number of benzene rings is 1. The SMILES string of the molecule is CO[C@H]1O[C@H](COCc2ccccc2)[C@H]2OC(C)(C)O[C@H]2[C@@H]1O. The van der Waals surface area contributed by atoms with Crippen LogP contribution in [0.4, 0.5) is 0 Å². The summed E-state index contributed by atoms with van der Waals surface area (Å²) >= 11 is 0. The highest BCUT2D eigenvalue weighted by Gasteiger charge is 2.55. The Labute approximate surface area is 136 Å². The maximum atomic E-state index is 10.3. The lowest BCUT2D eigenvalue weighted by atomic mass is 9.99. The van der Waals surface area contributed by atoms with Crippen molar-refractivity contribution < 1.29 is 28.8 Å². The molecule has 1 N–H and O–H groups in total. The zero-order valence-electron chi connectivity index (χ0n) is 13.7. The number of aliphatic hydroxyl groups excluding tert-OH is 1. The van der Waals surface area contributed by atoms with Gasteiger partial charge < -0.3 is 28.8 Å². The molecule has 2 aliphatic rings. The first-order chi connectivity index (χ1) is 11.0. The molecule has 2 heterocycles. The minimum Gasteiger partial charge on any atom is -0.385 e. The molecule has 5 atom stereocenters. The van der Waals surface area contributed by atoms with Crippen LogP contribution < -0.4 is 0 Å². The first kappa shape index (κ1) is 16.8. The van der Waals surface area contributed by atoms with E-state index in [1.165, 1.54) is 7.11 Å². The number of rotatable bonds is 5. The molecule has 0 aliphatic carbocycles. The summed E-state index contributed by atoms with van der Waals surface area (Å²) in [6.45, 7) is 4.47. The molecule has 0 unspecified atom stereocenters. The molecular formula is C17H24O6. The van der Waals surface area contributed by atoms with Crippen molar-refractivity contribution in [2.45, 2.75) is 56.9 Å². The summed E-state index contributed by atoms with van der Waals surface area (Å²) in [5.41, 5.74) is 1.09. The van der Waals surface area contributed by atoms with Crippen molar-refractivity contribution in [2.75, 3.05) is 13.7 Å². The van der Waals surface area contributed by atoms with Gasteiger partial charge in [-0.1, -0.05) is 30.3 Å². The zero-order valence-corrected chi connectivity index (χ0v) is 13.7. The maximum Gasteiger partial charge on any atom is 0.186 e. The van der Waals surface area contributed by atoms with Crippen LogP contribution in [0.2, 0.25) is 0 Å². The number of hydrogen-bond acceptors (Lipinski definition) is 6. The van der Waals surface area contributed by atoms with Crippen molar-refractivity contribution in [3.63, 3.8) is 0 Å². The lowest BCUT2D eigenvalue weighted by molar-refractivity contribution is -0.276. The van der Waals surface area contributed by atoms with E-state index in [4.69, 9.17) is 23.7 Å². The number of aliphatic hydroxyl groups is 1. The first-order valence-corrected chi connectivity index (χ1v) is 7.84. The molecule has 0 bridgehead atoms. The summed E-state index contributed by atoms with van der Waals surface area (Å²) in [6.07, 6.45) is -2.88. The lowest BCUT2D eigenvalue weighted by Crippen LogP contribution is -2.57. The van der Waals surface area contributed by atoms with Crippen molar-refractivity contribution in [2.24, 2.45) is 0 Å². The highest BCUT2D eigenvalue weighted by molar-refractivity contribution is 5.13. The quantitative estimate of drug-likeness (QED) is 0.884. The Morgan fingerprint density at radius 1 is 1.13 bits per heavy atom. The topological polar surface area (TPSA) is 66.4 Å². The van der Waals surface area contributed by atoms with E-state index in [-0.39, 0.29) is 12.2 Å². The van der Waals surface area contributed by atoms with Gasteiger partial charge in [-0.25, -0.2) is 0 Å². The van der Waals surface area contributed by atoms with E-state index in [0.717, 1.165) is 5.56 Å². The van der Waals surface area contributed by atoms with Crippen LogP contribution in [0, 0.1) is 0 Å². The van der Waals surface area contributed by atoms with Gasteiger partial charge in [0.2, 0.25) is 0 Å². The fourth-order valence-electron chi connectivity index (χ4n) is 3.05. The van der Waals surface area contributed by atoms with E-state index < -0.39 is 24.3 Å². The van der Waals surface area contributed by atoms with Crippen LogP contribution in [0.15, 0.2) is 30.3 Å². The van der Waals surface area contributed by atoms with Crippen molar-refractivity contribution >= 4 is 0 Å². The molecule has 23 heavy (non-hydrogen) atoms. The molecule has 0 amide bonds. The fraction of sp³-hybridized carbons (Fsp3) is 0.647. The van der Waals surface area contributed by atoms with E-state index in [1.807, 2.05) is 44.2 Å². The Balaban J connectivity index is 1.63. The molecule has 0 aromatic heterocycles. The van der Waals surface area contributed by atoms with Gasteiger partial charge in [0.15, 0.2) is 12.1 Å². The smallest absolute Gasteiger partial charge is 0.186 e. The Morgan fingerprint density at radius 3 is 2.52 bits per heavy atom. The highest BCUT2D eigenvalue weighted by Crippen LogP contribution is 2.37. The van der Waals surface area contributed by atoms with Gasteiger partial charge in [-0.05, 0) is 19.4 Å². The number of fused-ring (bicyclic) bond motifs is 1. The molecule has 0 spiro atoms. The molecule has 0 saturated carbocycles. The normalized spacial score (nSPS) is 35.9. The summed E-state index contributed by atoms with van der Waals surface area (Å²) in [6, 6.07) is 9.92. The van der Waals surface area contributed by atoms with Gasteiger partial charge in [0.1, 0.15) is 24.4 Å². The second kappa shape index (κ2) is 6.84. The third-order valence-electron chi connectivity index (χ3n) is 4.08. The van der Waals surface area contributed by atoms with Crippen LogP contribution in [0.1, 0.15) is 19.4 Å². The average Bonchev–Trinajstić information content (AvgIpc) is 2.87. The maximum absolute atomic E-state index is 10.3. The molecule has 6 nitrogen and oxygen atoms in total. The van der Waals surface area contributed by atoms with Crippen LogP contribution in [0.25, 0.3) is 0 Å². The number of ether oxygens (including phenoxy) is 5. The van der Waals surface area contributed by atoms with Crippen molar-refractivity contribution in [1.82, 2.24) is 0 Å². The van der Waals surface area contributed by atoms with Crippen LogP contribution in [-0.4, -0.2) is 55.3 Å². The van der Waals surface area contributed by atoms with E-state index in [2.05, 4.69) is 0 Å². The predicted octanol–water partition coefficient (Wildman–Crippen LogP) is 1.46. The Kier molecular flexibility index (Phi) is 5.01. The van der Waals surface area contributed by atoms with Gasteiger partial charge in [0.25, 0.3) is 0 Å². The highest BCUT2D eigenvalue weighted by atomic mass is 16.8. The van der Waals surface area contributed by atoms with Crippen molar-refractivity contribution in [1.29, 1.82) is 0 Å². The van der Waals surface area contributed by atoms with E-state index in [1.54, 1.807) is 0 Å². The third kappa shape index (κ3) is 3.74. The second-order valence-electron chi connectivity index (χ2n) is 6.33. The van der Waals surface area contributed by atoms with Gasteiger partial charge >= 0.3 is 0 Å². The zero-order chi connectivity index (χ0) is 16.4. The molecule has 1 aromatic carbocycles. The largest absolute Gasteiger partial charge is 0.385 e. The van der Waals surface area contributed by atoms with Crippen LogP contribution in [-0.2, 0) is 30.3 Å². The van der Waals surface area contributed by atoms with E-state index in [9.17, 15) is 5.11 Å². The molecule has 2 aliphatic heterocycles. The standard InChI is InChI=1S/C17H24O6/c1-17(2)22-14-12(10-20-9-11-7-5-4-6-8-11)21-16(19-3)13(18)15(14)23-17/h4-8,12-16,18H,9-10H2,1-3H3/t12-,13+,14-,15+,16+/m1/s1. The minimum atomic E-state index is -0.892. The van der Waals surface area contributed by atoms with Crippen molar-refractivity contribution in [3.8, 4) is 0 Å². The van der Waals surface area contributed by atoms with Gasteiger partial charge in [-0.15, -0.1) is 0 Å². The summed E-state index contributed by atoms with van der Waals surface area (Å²) < 4.78 is 28.5. The second-order valence-corrected chi connectivity index (χ2v) is 6.33. The first-order valence-electron chi connectivity index (χ1n) is 7.84. The van der Waals surface area contributed by atoms with Gasteiger partial charge in [-0.2, -0.15) is 0 Å². The Bertz CT molecular complexity index is 505. The van der Waals surface area contributed by atoms with Crippen molar-refractivity contribution in [3.05, 3.63) is 35.9 Å². The number of hydrogen-bond donors (Lipinski definition) is 1. The monoisotopic (exact) mass is 324 g/mol. The lowest BCUT2D eigenvalue weighted by Gasteiger charge is -2.39. The molecule has 1 aromatic rings. The molecule has 2 fully saturated rings. The Morgan fingerprint density at radius 2 is 1.83 bits per heavy atom. The third-order valence-corrected chi connectivity index (χ3v) is 4.08. The molecule has 128 valence electrons. The molecule has 6 heteroatoms. The minimum absolute atomic E-state index is 0.335. The summed E-state index contributed by atoms with van der Waals surface area (Å²) in [7, 11) is 1.50. The van der Waals surface area contributed by atoms with Gasteiger partial charge in [-0.3, -0.25) is 0 Å².